The van der Waals surface area contributed by atoms with E-state index in [0.29, 0.717) is 0 Å². The van der Waals surface area contributed by atoms with Crippen LogP contribution in [0.25, 0.3) is 22.2 Å². The molecule has 0 aliphatic heterocycles. The number of nitrogens with two attached hydrogens (primary N) is 1. The van der Waals surface area contributed by atoms with E-state index in [0.717, 1.165) is 33.5 Å². The highest BCUT2D eigenvalue weighted by molar-refractivity contribution is 5.93. The molecule has 0 saturated heterocycles. The van der Waals surface area contributed by atoms with Crippen molar-refractivity contribution in [2.45, 2.75) is 6.92 Å². The number of fused-ring (bicyclic) bond motifs is 1. The molecular weight excluding hydrogens is 212 g/mol. The molecule has 1 aromatic heterocycles. The van der Waals surface area contributed by atoms with Gasteiger partial charge in [-0.25, -0.2) is 0 Å². The normalized spacial score (nSPS) is 10.9. The molecule has 3 rings (SSSR count). The van der Waals surface area contributed by atoms with Crippen molar-refractivity contribution in [3.8, 4) is 11.3 Å². The molecule has 0 aliphatic carbocycles. The molecule has 0 radical (unpaired) electrons. The maximum Gasteiger partial charge on any atom is 0.174 e. The molecule has 0 atom stereocenters. The Bertz CT molecular complexity index is 668. The maximum atomic E-state index is 5.67. The first-order chi connectivity index (χ1) is 8.25. The van der Waals surface area contributed by atoms with E-state index in [-0.39, 0.29) is 0 Å². The first-order valence-electron chi connectivity index (χ1n) is 5.46. The lowest BCUT2D eigenvalue weighted by Gasteiger charge is -1.98. The second-order valence-electron chi connectivity index (χ2n) is 4.10. The average Bonchev–Trinajstić information content (AvgIpc) is 2.75. The van der Waals surface area contributed by atoms with Crippen LogP contribution >= 0.6 is 0 Å². The van der Waals surface area contributed by atoms with Crippen molar-refractivity contribution in [2.75, 3.05) is 5.73 Å². The zero-order chi connectivity index (χ0) is 11.8. The van der Waals surface area contributed by atoms with E-state index in [9.17, 15) is 0 Å². The number of aromatic nitrogens is 1. The standard InChI is InChI=1S/C14H12N2O/c1-9-3-2-4-12-13(9)16-17-14(12)10-5-7-11(15)8-6-10/h2-8H,15H2,1H3. The number of nitrogens with zero attached hydrogens (tertiary/aromatic N) is 1. The van der Waals surface area contributed by atoms with E-state index in [1.54, 1.807) is 0 Å². The Morgan fingerprint density at radius 2 is 1.82 bits per heavy atom. The predicted octanol–water partition coefficient (Wildman–Crippen LogP) is 3.39. The zero-order valence-electron chi connectivity index (χ0n) is 9.47. The molecule has 1 heterocycles. The molecule has 84 valence electrons. The van der Waals surface area contributed by atoms with Gasteiger partial charge in [-0.1, -0.05) is 17.3 Å². The molecule has 0 bridgehead atoms. The van der Waals surface area contributed by atoms with E-state index in [2.05, 4.69) is 5.16 Å². The Balaban J connectivity index is 2.24. The summed E-state index contributed by atoms with van der Waals surface area (Å²) in [5.74, 6) is 0.795. The summed E-state index contributed by atoms with van der Waals surface area (Å²) in [5.41, 5.74) is 9.44. The minimum atomic E-state index is 0.744. The summed E-state index contributed by atoms with van der Waals surface area (Å²) in [5, 5.41) is 5.15. The van der Waals surface area contributed by atoms with Gasteiger partial charge in [0.1, 0.15) is 5.52 Å². The number of hydrogen-bond acceptors (Lipinski definition) is 3. The number of benzene rings is 2. The minimum absolute atomic E-state index is 0.744. The Hall–Kier alpha value is -2.29. The van der Waals surface area contributed by atoms with Crippen molar-refractivity contribution in [1.29, 1.82) is 0 Å². The van der Waals surface area contributed by atoms with Gasteiger partial charge in [0.2, 0.25) is 0 Å². The third kappa shape index (κ3) is 1.56. The fraction of sp³-hybridized carbons (Fsp3) is 0.0714. The van der Waals surface area contributed by atoms with Gasteiger partial charge in [-0.15, -0.1) is 0 Å². The van der Waals surface area contributed by atoms with Crippen LogP contribution < -0.4 is 5.73 Å². The number of hydrogen-bond donors (Lipinski definition) is 1. The fourth-order valence-corrected chi connectivity index (χ4v) is 1.95. The van der Waals surface area contributed by atoms with Gasteiger partial charge in [-0.2, -0.15) is 0 Å². The van der Waals surface area contributed by atoms with Crippen LogP contribution in [-0.2, 0) is 0 Å². The van der Waals surface area contributed by atoms with Crippen LogP contribution in [0.3, 0.4) is 0 Å². The highest BCUT2D eigenvalue weighted by Gasteiger charge is 2.11. The first kappa shape index (κ1) is 9.90. The van der Waals surface area contributed by atoms with Crippen molar-refractivity contribution in [1.82, 2.24) is 5.16 Å². The van der Waals surface area contributed by atoms with Gasteiger partial charge in [0, 0.05) is 16.6 Å². The van der Waals surface area contributed by atoms with E-state index in [1.165, 1.54) is 0 Å². The van der Waals surface area contributed by atoms with Crippen molar-refractivity contribution in [3.05, 3.63) is 48.0 Å². The number of rotatable bonds is 1. The monoisotopic (exact) mass is 224 g/mol. The fourth-order valence-electron chi connectivity index (χ4n) is 1.95. The Kier molecular flexibility index (Phi) is 2.11. The average molecular weight is 224 g/mol. The van der Waals surface area contributed by atoms with E-state index in [1.807, 2.05) is 49.4 Å². The quantitative estimate of drug-likeness (QED) is 0.644. The summed E-state index contributed by atoms with van der Waals surface area (Å²) >= 11 is 0. The van der Waals surface area contributed by atoms with Gasteiger partial charge in [0.25, 0.3) is 0 Å². The van der Waals surface area contributed by atoms with Crippen molar-refractivity contribution < 1.29 is 4.52 Å². The third-order valence-corrected chi connectivity index (χ3v) is 2.88. The summed E-state index contributed by atoms with van der Waals surface area (Å²) in [6.07, 6.45) is 0. The molecule has 3 heteroatoms. The molecule has 3 nitrogen and oxygen atoms in total. The van der Waals surface area contributed by atoms with Crippen LogP contribution in [0.1, 0.15) is 5.56 Å². The van der Waals surface area contributed by atoms with E-state index in [4.69, 9.17) is 10.3 Å². The lowest BCUT2D eigenvalue weighted by molar-refractivity contribution is 0.440. The number of aryl methyl sites for hydroxylation is 1. The van der Waals surface area contributed by atoms with Crippen molar-refractivity contribution in [3.63, 3.8) is 0 Å². The Morgan fingerprint density at radius 3 is 2.59 bits per heavy atom. The highest BCUT2D eigenvalue weighted by atomic mass is 16.5. The molecule has 3 aromatic rings. The third-order valence-electron chi connectivity index (χ3n) is 2.88. The smallest absolute Gasteiger partial charge is 0.174 e. The molecule has 0 unspecified atom stereocenters. The molecule has 0 fully saturated rings. The summed E-state index contributed by atoms with van der Waals surface area (Å²) < 4.78 is 5.43. The zero-order valence-corrected chi connectivity index (χ0v) is 9.47. The molecule has 0 spiro atoms. The highest BCUT2D eigenvalue weighted by Crippen LogP contribution is 2.30. The van der Waals surface area contributed by atoms with Crippen LogP contribution in [0.5, 0.6) is 0 Å². The van der Waals surface area contributed by atoms with Gasteiger partial charge >= 0.3 is 0 Å². The number of nitrogen functional groups attached to an aromatic ring is 1. The summed E-state index contributed by atoms with van der Waals surface area (Å²) in [6, 6.07) is 13.7. The van der Waals surface area contributed by atoms with Gasteiger partial charge in [-0.3, -0.25) is 0 Å². The Labute approximate surface area is 98.8 Å². The van der Waals surface area contributed by atoms with E-state index < -0.39 is 0 Å². The summed E-state index contributed by atoms with van der Waals surface area (Å²) in [7, 11) is 0. The number of anilines is 1. The van der Waals surface area contributed by atoms with Crippen molar-refractivity contribution in [2.24, 2.45) is 0 Å². The van der Waals surface area contributed by atoms with Gasteiger partial charge < -0.3 is 10.3 Å². The predicted molar refractivity (Wildman–Crippen MR) is 68.6 cm³/mol. The molecule has 2 aromatic carbocycles. The second-order valence-corrected chi connectivity index (χ2v) is 4.10. The topological polar surface area (TPSA) is 52.0 Å². The van der Waals surface area contributed by atoms with Gasteiger partial charge in [0.15, 0.2) is 5.76 Å². The SMILES string of the molecule is Cc1cccc2c(-c3ccc(N)cc3)onc12. The van der Waals surface area contributed by atoms with Crippen LogP contribution in [0.4, 0.5) is 5.69 Å². The summed E-state index contributed by atoms with van der Waals surface area (Å²) in [4.78, 5) is 0. The van der Waals surface area contributed by atoms with E-state index >= 15 is 0 Å². The molecule has 0 aliphatic rings. The summed E-state index contributed by atoms with van der Waals surface area (Å²) in [6.45, 7) is 2.03. The Morgan fingerprint density at radius 1 is 1.06 bits per heavy atom. The van der Waals surface area contributed by atoms with Crippen LogP contribution in [0.2, 0.25) is 0 Å². The van der Waals surface area contributed by atoms with Crippen LogP contribution in [-0.4, -0.2) is 5.16 Å². The molecule has 2 N–H and O–H groups in total. The van der Waals surface area contributed by atoms with Crippen molar-refractivity contribution >= 4 is 16.6 Å². The molecule has 0 saturated carbocycles. The van der Waals surface area contributed by atoms with Crippen LogP contribution in [0, 0.1) is 6.92 Å². The first-order valence-corrected chi connectivity index (χ1v) is 5.46. The van der Waals surface area contributed by atoms with Gasteiger partial charge in [0.05, 0.1) is 0 Å². The van der Waals surface area contributed by atoms with Crippen LogP contribution in [0.15, 0.2) is 47.0 Å². The molecular formula is C14H12N2O. The minimum Gasteiger partial charge on any atom is -0.399 e. The lowest BCUT2D eigenvalue weighted by Crippen LogP contribution is -1.83. The lowest BCUT2D eigenvalue weighted by atomic mass is 10.1. The largest absolute Gasteiger partial charge is 0.399 e. The maximum absolute atomic E-state index is 5.67. The van der Waals surface area contributed by atoms with Gasteiger partial charge in [-0.05, 0) is 42.8 Å². The molecule has 0 amide bonds. The second kappa shape index (κ2) is 3.63. The molecule has 17 heavy (non-hydrogen) atoms.